The molecule has 1 fully saturated rings. The van der Waals surface area contributed by atoms with Crippen molar-refractivity contribution in [1.82, 2.24) is 4.90 Å². The number of nitrogens with zero attached hydrogens (tertiary/aromatic N) is 2. The highest BCUT2D eigenvalue weighted by Gasteiger charge is 2.22. The molecule has 1 heterocycles. The lowest BCUT2D eigenvalue weighted by Gasteiger charge is -2.34. The first kappa shape index (κ1) is 19.2. The number of piperazine rings is 1. The first-order valence-corrected chi connectivity index (χ1v) is 10.2. The van der Waals surface area contributed by atoms with Crippen molar-refractivity contribution in [3.05, 3.63) is 53.6 Å². The van der Waals surface area contributed by atoms with Gasteiger partial charge in [0.15, 0.2) is 0 Å². The Morgan fingerprint density at radius 1 is 1.07 bits per heavy atom. The molecule has 8 heteroatoms. The number of hydrogen-bond donors (Lipinski definition) is 2. The molecular weight excluding hydrogens is 366 g/mol. The summed E-state index contributed by atoms with van der Waals surface area (Å²) in [5.74, 6) is -1.08. The predicted molar refractivity (Wildman–Crippen MR) is 105 cm³/mol. The summed E-state index contributed by atoms with van der Waals surface area (Å²) in [7, 11) is -1.77. The van der Waals surface area contributed by atoms with Crippen LogP contribution in [0.2, 0.25) is 0 Å². The Morgan fingerprint density at radius 2 is 1.74 bits per heavy atom. The Kier molecular flexibility index (Phi) is 5.38. The normalized spacial score (nSPS) is 15.6. The molecule has 0 unspecified atom stereocenters. The van der Waals surface area contributed by atoms with Gasteiger partial charge < -0.3 is 14.9 Å². The molecule has 0 saturated carbocycles. The quantitative estimate of drug-likeness (QED) is 0.815. The van der Waals surface area contributed by atoms with Gasteiger partial charge in [-0.25, -0.2) is 13.2 Å². The van der Waals surface area contributed by atoms with Crippen LogP contribution < -0.4 is 9.62 Å². The maximum Gasteiger partial charge on any atom is 0.337 e. The minimum Gasteiger partial charge on any atom is -0.478 e. The summed E-state index contributed by atoms with van der Waals surface area (Å²) >= 11 is 0. The van der Waals surface area contributed by atoms with Crippen molar-refractivity contribution in [3.63, 3.8) is 0 Å². The van der Waals surface area contributed by atoms with Gasteiger partial charge in [-0.2, -0.15) is 0 Å². The standard InChI is InChI=1S/C19H23N3O4S/c1-14-5-3-4-6-18(14)27(25,26)20-15-7-8-17(16(13-15)19(23)24)22-11-9-21(2)10-12-22/h3-8,13,20H,9-12H2,1-2H3,(H,23,24). The van der Waals surface area contributed by atoms with Crippen LogP contribution in [0.5, 0.6) is 0 Å². The van der Waals surface area contributed by atoms with Crippen LogP contribution in [0.4, 0.5) is 11.4 Å². The van der Waals surface area contributed by atoms with Gasteiger partial charge in [0.2, 0.25) is 0 Å². The largest absolute Gasteiger partial charge is 0.478 e. The third-order valence-corrected chi connectivity index (χ3v) is 6.25. The van der Waals surface area contributed by atoms with Crippen LogP contribution in [0.15, 0.2) is 47.4 Å². The second kappa shape index (κ2) is 7.58. The molecule has 27 heavy (non-hydrogen) atoms. The van der Waals surface area contributed by atoms with Gasteiger partial charge in [-0.05, 0) is 43.8 Å². The second-order valence-electron chi connectivity index (χ2n) is 6.70. The van der Waals surface area contributed by atoms with Crippen molar-refractivity contribution in [2.75, 3.05) is 42.8 Å². The third kappa shape index (κ3) is 4.23. The minimum absolute atomic E-state index is 0.0875. The molecule has 0 bridgehead atoms. The molecule has 0 aromatic heterocycles. The first-order chi connectivity index (χ1) is 12.8. The first-order valence-electron chi connectivity index (χ1n) is 8.67. The van der Waals surface area contributed by atoms with Gasteiger partial charge >= 0.3 is 5.97 Å². The number of carboxylic acids is 1. The van der Waals surface area contributed by atoms with Crippen molar-refractivity contribution in [3.8, 4) is 0 Å². The lowest BCUT2D eigenvalue weighted by atomic mass is 10.1. The Hall–Kier alpha value is -2.58. The van der Waals surface area contributed by atoms with Crippen LogP contribution >= 0.6 is 0 Å². The summed E-state index contributed by atoms with van der Waals surface area (Å²) in [6.45, 7) is 4.87. The highest BCUT2D eigenvalue weighted by atomic mass is 32.2. The fourth-order valence-corrected chi connectivity index (χ4v) is 4.46. The molecule has 0 radical (unpaired) electrons. The molecule has 0 aliphatic carbocycles. The number of likely N-dealkylation sites (N-methyl/N-ethyl adjacent to an activating group) is 1. The minimum atomic E-state index is -3.79. The van der Waals surface area contributed by atoms with E-state index in [1.54, 1.807) is 37.3 Å². The number of rotatable bonds is 5. The fourth-order valence-electron chi connectivity index (χ4n) is 3.16. The molecule has 2 N–H and O–H groups in total. The smallest absolute Gasteiger partial charge is 0.337 e. The Balaban J connectivity index is 1.90. The molecule has 3 rings (SSSR count). The Morgan fingerprint density at radius 3 is 2.37 bits per heavy atom. The Bertz CT molecular complexity index is 951. The number of aromatic carboxylic acids is 1. The molecule has 2 aromatic carbocycles. The number of anilines is 2. The van der Waals surface area contributed by atoms with E-state index in [4.69, 9.17) is 0 Å². The number of carbonyl (C=O) groups is 1. The van der Waals surface area contributed by atoms with E-state index in [1.807, 2.05) is 11.9 Å². The van der Waals surface area contributed by atoms with E-state index in [-0.39, 0.29) is 16.1 Å². The summed E-state index contributed by atoms with van der Waals surface area (Å²) in [4.78, 5) is 16.1. The summed E-state index contributed by atoms with van der Waals surface area (Å²) < 4.78 is 27.8. The highest BCUT2D eigenvalue weighted by Crippen LogP contribution is 2.27. The van der Waals surface area contributed by atoms with E-state index < -0.39 is 16.0 Å². The van der Waals surface area contributed by atoms with Gasteiger partial charge in [0.25, 0.3) is 10.0 Å². The van der Waals surface area contributed by atoms with Crippen LogP contribution in [0, 0.1) is 6.92 Å². The summed E-state index contributed by atoms with van der Waals surface area (Å²) in [5, 5.41) is 9.62. The van der Waals surface area contributed by atoms with Crippen molar-refractivity contribution >= 4 is 27.4 Å². The SMILES string of the molecule is Cc1ccccc1S(=O)(=O)Nc1ccc(N2CCN(C)CC2)c(C(=O)O)c1. The van der Waals surface area contributed by atoms with Crippen LogP contribution in [0.25, 0.3) is 0 Å². The van der Waals surface area contributed by atoms with Crippen molar-refractivity contribution in [2.45, 2.75) is 11.8 Å². The molecule has 0 atom stereocenters. The zero-order valence-corrected chi connectivity index (χ0v) is 16.2. The van der Waals surface area contributed by atoms with E-state index in [2.05, 4.69) is 9.62 Å². The molecular formula is C19H23N3O4S. The van der Waals surface area contributed by atoms with Crippen molar-refractivity contribution < 1.29 is 18.3 Å². The van der Waals surface area contributed by atoms with E-state index in [0.717, 1.165) is 26.2 Å². The zero-order chi connectivity index (χ0) is 19.6. The predicted octanol–water partition coefficient (Wildman–Crippen LogP) is 2.25. The van der Waals surface area contributed by atoms with E-state index in [9.17, 15) is 18.3 Å². The molecule has 1 aliphatic rings. The maximum atomic E-state index is 12.7. The number of sulfonamides is 1. The molecule has 0 amide bonds. The van der Waals surface area contributed by atoms with Gasteiger partial charge in [0.1, 0.15) is 0 Å². The third-order valence-electron chi connectivity index (χ3n) is 4.71. The molecule has 144 valence electrons. The van der Waals surface area contributed by atoms with Crippen molar-refractivity contribution in [2.24, 2.45) is 0 Å². The number of aryl methyl sites for hydroxylation is 1. The number of hydrogen-bond acceptors (Lipinski definition) is 5. The number of nitrogens with one attached hydrogen (secondary N) is 1. The topological polar surface area (TPSA) is 90.0 Å². The van der Waals surface area contributed by atoms with Crippen LogP contribution in [-0.4, -0.2) is 57.6 Å². The number of carboxylic acid groups (broad SMARTS) is 1. The van der Waals surface area contributed by atoms with Gasteiger partial charge in [-0.3, -0.25) is 4.72 Å². The van der Waals surface area contributed by atoms with Crippen molar-refractivity contribution in [1.29, 1.82) is 0 Å². The lowest BCUT2D eigenvalue weighted by molar-refractivity contribution is 0.0697. The van der Waals surface area contributed by atoms with Gasteiger partial charge in [0.05, 0.1) is 16.1 Å². The molecule has 1 aliphatic heterocycles. The van der Waals surface area contributed by atoms with E-state index in [0.29, 0.717) is 11.3 Å². The zero-order valence-electron chi connectivity index (χ0n) is 15.3. The van der Waals surface area contributed by atoms with Crippen LogP contribution in [-0.2, 0) is 10.0 Å². The maximum absolute atomic E-state index is 12.7. The monoisotopic (exact) mass is 389 g/mol. The molecule has 1 saturated heterocycles. The van der Waals surface area contributed by atoms with E-state index in [1.165, 1.54) is 12.1 Å². The van der Waals surface area contributed by atoms with Gasteiger partial charge in [0, 0.05) is 31.9 Å². The lowest BCUT2D eigenvalue weighted by Crippen LogP contribution is -2.45. The molecule has 7 nitrogen and oxygen atoms in total. The highest BCUT2D eigenvalue weighted by molar-refractivity contribution is 7.92. The van der Waals surface area contributed by atoms with Crippen LogP contribution in [0.3, 0.4) is 0 Å². The van der Waals surface area contributed by atoms with Crippen LogP contribution in [0.1, 0.15) is 15.9 Å². The molecule has 0 spiro atoms. The Labute approximate surface area is 159 Å². The summed E-state index contributed by atoms with van der Waals surface area (Å²) in [6, 6.07) is 11.3. The summed E-state index contributed by atoms with van der Waals surface area (Å²) in [6.07, 6.45) is 0. The number of benzene rings is 2. The second-order valence-corrected chi connectivity index (χ2v) is 8.35. The van der Waals surface area contributed by atoms with E-state index >= 15 is 0 Å². The average Bonchev–Trinajstić information content (AvgIpc) is 2.62. The average molecular weight is 389 g/mol. The molecule has 2 aromatic rings. The summed E-state index contributed by atoms with van der Waals surface area (Å²) in [5.41, 5.74) is 1.55. The van der Waals surface area contributed by atoms with Gasteiger partial charge in [-0.15, -0.1) is 0 Å². The fraction of sp³-hybridized carbons (Fsp3) is 0.316. The van der Waals surface area contributed by atoms with Gasteiger partial charge in [-0.1, -0.05) is 18.2 Å².